The number of hydrogen-bond acceptors (Lipinski definition) is 8. The minimum Gasteiger partial charge on any atom is -0.444 e. The molecule has 0 unspecified atom stereocenters. The normalized spacial score (nSPS) is 16.3. The number of piperidine rings is 1. The lowest BCUT2D eigenvalue weighted by Gasteiger charge is -2.32. The van der Waals surface area contributed by atoms with Gasteiger partial charge in [0.1, 0.15) is 11.1 Å². The molecule has 0 radical (unpaired) electrons. The number of hydrogen-bond donors (Lipinski definition) is 0. The first kappa shape index (κ1) is 20.1. The van der Waals surface area contributed by atoms with Crippen molar-refractivity contribution in [1.82, 2.24) is 9.88 Å². The fourth-order valence-corrected chi connectivity index (χ4v) is 4.50. The summed E-state index contributed by atoms with van der Waals surface area (Å²) in [5.74, 6) is 0. The summed E-state index contributed by atoms with van der Waals surface area (Å²) in [7, 11) is -3.87. The van der Waals surface area contributed by atoms with E-state index < -0.39 is 36.9 Å². The van der Waals surface area contributed by atoms with Crippen molar-refractivity contribution >= 4 is 32.7 Å². The zero-order valence-corrected chi connectivity index (χ0v) is 16.6. The van der Waals surface area contributed by atoms with E-state index in [-0.39, 0.29) is 42.7 Å². The predicted molar refractivity (Wildman–Crippen MR) is 98.7 cm³/mol. The van der Waals surface area contributed by atoms with Crippen molar-refractivity contribution in [1.29, 1.82) is 0 Å². The van der Waals surface area contributed by atoms with Gasteiger partial charge < -0.3 is 14.1 Å². The lowest BCUT2D eigenvalue weighted by Crippen LogP contribution is -2.44. The van der Waals surface area contributed by atoms with Crippen LogP contribution in [0, 0.1) is 10.1 Å². The molecule has 2 aromatic rings. The van der Waals surface area contributed by atoms with E-state index in [1.807, 2.05) is 0 Å². The van der Waals surface area contributed by atoms with Gasteiger partial charge in [-0.25, -0.2) is 13.2 Å². The van der Waals surface area contributed by atoms with Gasteiger partial charge in [-0.15, -0.1) is 0 Å². The van der Waals surface area contributed by atoms with Crippen LogP contribution in [0.1, 0.15) is 33.6 Å². The van der Waals surface area contributed by atoms with Crippen molar-refractivity contribution in [3.63, 3.8) is 0 Å². The molecule has 0 aliphatic carbocycles. The Morgan fingerprint density at radius 1 is 1.32 bits per heavy atom. The Bertz CT molecular complexity index is 1020. The Morgan fingerprint density at radius 3 is 2.54 bits per heavy atom. The van der Waals surface area contributed by atoms with Gasteiger partial charge in [0, 0.05) is 25.2 Å². The third-order valence-corrected chi connectivity index (χ3v) is 6.35. The minimum absolute atomic E-state index is 0.110. The Hall–Kier alpha value is -2.69. The molecule has 1 fully saturated rings. The predicted octanol–water partition coefficient (Wildman–Crippen LogP) is 2.91. The number of fused-ring (bicyclic) bond motifs is 1. The van der Waals surface area contributed by atoms with Crippen LogP contribution in [0.2, 0.25) is 0 Å². The van der Waals surface area contributed by atoms with Crippen LogP contribution in [-0.2, 0) is 14.6 Å². The summed E-state index contributed by atoms with van der Waals surface area (Å²) in [6.45, 7) is 5.77. The van der Waals surface area contributed by atoms with Crippen molar-refractivity contribution in [2.75, 3.05) is 13.1 Å². The van der Waals surface area contributed by atoms with Crippen LogP contribution in [0.15, 0.2) is 27.8 Å². The summed E-state index contributed by atoms with van der Waals surface area (Å²) in [4.78, 5) is 27.8. The highest BCUT2D eigenvalue weighted by atomic mass is 32.2. The Morgan fingerprint density at radius 2 is 1.96 bits per heavy atom. The fraction of sp³-hybridized carbons (Fsp3) is 0.529. The molecular weight excluding hydrogens is 390 g/mol. The van der Waals surface area contributed by atoms with Crippen molar-refractivity contribution in [2.24, 2.45) is 0 Å². The lowest BCUT2D eigenvalue weighted by molar-refractivity contribution is -0.384. The number of aromatic nitrogens is 1. The smallest absolute Gasteiger partial charge is 0.410 e. The van der Waals surface area contributed by atoms with E-state index in [4.69, 9.17) is 9.15 Å². The van der Waals surface area contributed by atoms with Gasteiger partial charge in [-0.2, -0.15) is 4.98 Å². The molecule has 0 saturated carbocycles. The first-order chi connectivity index (χ1) is 13.0. The molecular formula is C17H21N3O7S. The van der Waals surface area contributed by atoms with E-state index in [0.29, 0.717) is 0 Å². The van der Waals surface area contributed by atoms with Gasteiger partial charge in [-0.3, -0.25) is 10.1 Å². The number of ether oxygens (including phenoxy) is 1. The van der Waals surface area contributed by atoms with Crippen LogP contribution in [0.3, 0.4) is 0 Å². The maximum Gasteiger partial charge on any atom is 0.410 e. The van der Waals surface area contributed by atoms with Crippen molar-refractivity contribution < 1.29 is 27.3 Å². The molecule has 0 N–H and O–H groups in total. The third-order valence-electron chi connectivity index (χ3n) is 4.34. The van der Waals surface area contributed by atoms with Crippen LogP contribution < -0.4 is 0 Å². The number of carbonyl (C=O) groups is 1. The largest absolute Gasteiger partial charge is 0.444 e. The second kappa shape index (κ2) is 7.04. The maximum atomic E-state index is 12.9. The Kier molecular flexibility index (Phi) is 5.04. The average molecular weight is 411 g/mol. The van der Waals surface area contributed by atoms with E-state index in [1.54, 1.807) is 20.8 Å². The molecule has 0 spiro atoms. The molecule has 0 atom stereocenters. The molecule has 1 saturated heterocycles. The number of rotatable bonds is 3. The topological polar surface area (TPSA) is 133 Å². The number of oxazole rings is 1. The number of nitro groups is 1. The summed E-state index contributed by atoms with van der Waals surface area (Å²) in [6, 6.07) is 3.72. The molecule has 1 aromatic heterocycles. The summed E-state index contributed by atoms with van der Waals surface area (Å²) < 4.78 is 36.4. The molecule has 1 aliphatic heterocycles. The van der Waals surface area contributed by atoms with Gasteiger partial charge in [-0.05, 0) is 39.7 Å². The number of nitrogens with zero attached hydrogens (tertiary/aromatic N) is 3. The molecule has 28 heavy (non-hydrogen) atoms. The number of benzene rings is 1. The summed E-state index contributed by atoms with van der Waals surface area (Å²) in [6.07, 6.45) is -0.0292. The van der Waals surface area contributed by atoms with Crippen molar-refractivity contribution in [2.45, 2.75) is 49.7 Å². The number of likely N-dealkylation sites (tertiary alicyclic amines) is 1. The van der Waals surface area contributed by atoms with Crippen molar-refractivity contribution in [3.8, 4) is 0 Å². The highest BCUT2D eigenvalue weighted by Crippen LogP contribution is 2.29. The van der Waals surface area contributed by atoms with Gasteiger partial charge >= 0.3 is 11.3 Å². The monoisotopic (exact) mass is 411 g/mol. The Balaban J connectivity index is 1.74. The fourth-order valence-electron chi connectivity index (χ4n) is 2.95. The minimum atomic E-state index is -3.87. The number of nitro benzene ring substituents is 1. The van der Waals surface area contributed by atoms with Gasteiger partial charge in [-0.1, -0.05) is 0 Å². The summed E-state index contributed by atoms with van der Waals surface area (Å²) in [5, 5.41) is 9.64. The number of carbonyl (C=O) groups excluding carboxylic acids is 1. The van der Waals surface area contributed by atoms with Crippen LogP contribution in [0.4, 0.5) is 10.5 Å². The summed E-state index contributed by atoms with van der Waals surface area (Å²) >= 11 is 0. The van der Waals surface area contributed by atoms with Gasteiger partial charge in [0.05, 0.1) is 10.2 Å². The summed E-state index contributed by atoms with van der Waals surface area (Å²) in [5.41, 5.74) is -0.550. The third kappa shape index (κ3) is 4.08. The first-order valence-electron chi connectivity index (χ1n) is 8.74. The molecule has 1 aromatic carbocycles. The van der Waals surface area contributed by atoms with Crippen molar-refractivity contribution in [3.05, 3.63) is 28.3 Å². The lowest BCUT2D eigenvalue weighted by atomic mass is 10.1. The molecule has 152 valence electrons. The highest BCUT2D eigenvalue weighted by molar-refractivity contribution is 7.91. The maximum absolute atomic E-state index is 12.9. The van der Waals surface area contributed by atoms with Crippen LogP contribution in [0.25, 0.3) is 11.1 Å². The molecule has 3 rings (SSSR count). The first-order valence-corrected chi connectivity index (χ1v) is 10.3. The van der Waals surface area contributed by atoms with E-state index in [9.17, 15) is 23.3 Å². The van der Waals surface area contributed by atoms with E-state index in [2.05, 4.69) is 4.98 Å². The van der Waals surface area contributed by atoms with Gasteiger partial charge in [0.2, 0.25) is 9.84 Å². The van der Waals surface area contributed by atoms with Gasteiger partial charge in [0.25, 0.3) is 5.69 Å². The average Bonchev–Trinajstić information content (AvgIpc) is 3.04. The van der Waals surface area contributed by atoms with E-state index >= 15 is 0 Å². The second-order valence-electron chi connectivity index (χ2n) is 7.60. The zero-order valence-electron chi connectivity index (χ0n) is 15.7. The van der Waals surface area contributed by atoms with Gasteiger partial charge in [0.15, 0.2) is 5.58 Å². The molecule has 2 heterocycles. The van der Waals surface area contributed by atoms with Crippen LogP contribution in [0.5, 0.6) is 0 Å². The van der Waals surface area contributed by atoms with Crippen LogP contribution in [-0.4, -0.2) is 53.3 Å². The standard InChI is InChI=1S/C17H21N3O7S/c1-17(2,3)27-16(21)19-8-6-12(7-9-19)28(24,25)15-18-13-10-11(20(22)23)4-5-14(13)26-15/h4-5,10,12H,6-9H2,1-3H3. The molecule has 1 amide bonds. The molecule has 0 bridgehead atoms. The van der Waals surface area contributed by atoms with E-state index in [0.717, 1.165) is 0 Å². The number of sulfone groups is 1. The zero-order chi connectivity index (χ0) is 20.7. The Labute approximate surface area is 161 Å². The SMILES string of the molecule is CC(C)(C)OC(=O)N1CCC(S(=O)(=O)c2nc3cc([N+](=O)[O-])ccc3o2)CC1. The second-order valence-corrected chi connectivity index (χ2v) is 9.71. The van der Waals surface area contributed by atoms with E-state index in [1.165, 1.54) is 23.1 Å². The molecule has 10 nitrogen and oxygen atoms in total. The molecule has 11 heteroatoms. The quantitative estimate of drug-likeness (QED) is 0.556. The number of amides is 1. The number of non-ortho nitro benzene ring substituents is 1. The molecule has 1 aliphatic rings. The highest BCUT2D eigenvalue weighted by Gasteiger charge is 2.37. The van der Waals surface area contributed by atoms with Crippen LogP contribution >= 0.6 is 0 Å².